The zero-order valence-electron chi connectivity index (χ0n) is 12.1. The lowest BCUT2D eigenvalue weighted by Gasteiger charge is -2.27. The Hall–Kier alpha value is -3.00. The van der Waals surface area contributed by atoms with Crippen molar-refractivity contribution in [3.05, 3.63) is 33.8 Å². The Balaban J connectivity index is 2.47. The van der Waals surface area contributed by atoms with Crippen LogP contribution in [0.3, 0.4) is 0 Å². The van der Waals surface area contributed by atoms with E-state index in [1.807, 2.05) is 0 Å². The SMILES string of the molecule is COC1=C(O)c2c(O)c3c(c(O)c2C(=O)C1=O)C(O)OC(C)=C3. The molecule has 0 fully saturated rings. The molecule has 23 heavy (non-hydrogen) atoms. The number of carbonyl (C=O) groups excluding carboxylic acids is 2. The fourth-order valence-electron chi connectivity index (χ4n) is 2.71. The average molecular weight is 320 g/mol. The van der Waals surface area contributed by atoms with Crippen LogP contribution in [-0.4, -0.2) is 39.1 Å². The number of phenolic OH excluding ortho intramolecular Hbond substituents is 2. The van der Waals surface area contributed by atoms with Crippen molar-refractivity contribution in [2.24, 2.45) is 0 Å². The van der Waals surface area contributed by atoms with Gasteiger partial charge in [0, 0.05) is 5.56 Å². The minimum absolute atomic E-state index is 0.0262. The lowest BCUT2D eigenvalue weighted by atomic mass is 9.85. The molecule has 1 aromatic rings. The maximum atomic E-state index is 12.2. The first kappa shape index (κ1) is 14.9. The van der Waals surface area contributed by atoms with Gasteiger partial charge in [0.1, 0.15) is 11.5 Å². The van der Waals surface area contributed by atoms with Crippen LogP contribution in [0.1, 0.15) is 40.3 Å². The highest BCUT2D eigenvalue weighted by molar-refractivity contribution is 6.52. The number of hydrogen-bond acceptors (Lipinski definition) is 8. The van der Waals surface area contributed by atoms with Crippen molar-refractivity contribution in [1.29, 1.82) is 0 Å². The average Bonchev–Trinajstić information content (AvgIpc) is 2.48. The summed E-state index contributed by atoms with van der Waals surface area (Å²) in [6.45, 7) is 1.51. The molecule has 1 aliphatic heterocycles. The van der Waals surface area contributed by atoms with Gasteiger partial charge in [-0.2, -0.15) is 0 Å². The van der Waals surface area contributed by atoms with Crippen LogP contribution in [0.15, 0.2) is 11.5 Å². The number of rotatable bonds is 1. The normalized spacial score (nSPS) is 19.8. The van der Waals surface area contributed by atoms with Gasteiger partial charge in [-0.1, -0.05) is 0 Å². The Kier molecular flexibility index (Phi) is 3.08. The van der Waals surface area contributed by atoms with Gasteiger partial charge in [0.15, 0.2) is 5.76 Å². The maximum Gasteiger partial charge on any atom is 0.272 e. The van der Waals surface area contributed by atoms with Crippen LogP contribution in [-0.2, 0) is 14.3 Å². The lowest BCUT2D eigenvalue weighted by Crippen LogP contribution is -2.26. The third kappa shape index (κ3) is 1.82. The summed E-state index contributed by atoms with van der Waals surface area (Å²) in [4.78, 5) is 24.1. The van der Waals surface area contributed by atoms with Crippen molar-refractivity contribution in [2.45, 2.75) is 13.2 Å². The van der Waals surface area contributed by atoms with Crippen LogP contribution in [0.5, 0.6) is 11.5 Å². The van der Waals surface area contributed by atoms with Gasteiger partial charge in [0.2, 0.25) is 17.8 Å². The van der Waals surface area contributed by atoms with Crippen LogP contribution in [0, 0.1) is 0 Å². The molecule has 1 unspecified atom stereocenters. The van der Waals surface area contributed by atoms with Crippen molar-refractivity contribution in [3.63, 3.8) is 0 Å². The number of aliphatic hydroxyl groups excluding tert-OH is 2. The number of aliphatic hydroxyl groups is 2. The number of methoxy groups -OCH3 is 1. The number of ketones is 2. The van der Waals surface area contributed by atoms with Crippen molar-refractivity contribution in [3.8, 4) is 11.5 Å². The van der Waals surface area contributed by atoms with Gasteiger partial charge in [-0.15, -0.1) is 0 Å². The first-order valence-corrected chi connectivity index (χ1v) is 6.51. The largest absolute Gasteiger partial charge is 0.507 e. The smallest absolute Gasteiger partial charge is 0.272 e. The molecular formula is C15H12O8. The minimum atomic E-state index is -1.64. The van der Waals surface area contributed by atoms with E-state index in [4.69, 9.17) is 9.47 Å². The third-order valence-corrected chi connectivity index (χ3v) is 3.71. The molecule has 3 rings (SSSR count). The van der Waals surface area contributed by atoms with Crippen molar-refractivity contribution >= 4 is 23.4 Å². The topological polar surface area (TPSA) is 134 Å². The van der Waals surface area contributed by atoms with E-state index in [1.54, 1.807) is 0 Å². The van der Waals surface area contributed by atoms with Crippen molar-refractivity contribution < 1.29 is 39.5 Å². The summed E-state index contributed by atoms with van der Waals surface area (Å²) in [7, 11) is 1.08. The second kappa shape index (κ2) is 4.75. The molecule has 120 valence electrons. The van der Waals surface area contributed by atoms with Gasteiger partial charge in [-0.3, -0.25) is 9.59 Å². The predicted molar refractivity (Wildman–Crippen MR) is 75.4 cm³/mol. The van der Waals surface area contributed by atoms with Crippen LogP contribution >= 0.6 is 0 Å². The van der Waals surface area contributed by atoms with Gasteiger partial charge in [-0.05, 0) is 13.0 Å². The number of phenols is 2. The highest BCUT2D eigenvalue weighted by Gasteiger charge is 2.42. The van der Waals surface area contributed by atoms with Gasteiger partial charge >= 0.3 is 0 Å². The molecule has 0 amide bonds. The summed E-state index contributed by atoms with van der Waals surface area (Å²) in [6.07, 6.45) is -0.318. The Morgan fingerprint density at radius 2 is 1.74 bits per heavy atom. The van der Waals surface area contributed by atoms with Crippen molar-refractivity contribution in [1.82, 2.24) is 0 Å². The quantitative estimate of drug-likeness (QED) is 0.447. The Morgan fingerprint density at radius 3 is 2.35 bits per heavy atom. The highest BCUT2D eigenvalue weighted by Crippen LogP contribution is 2.48. The van der Waals surface area contributed by atoms with Crippen LogP contribution in [0.4, 0.5) is 0 Å². The monoisotopic (exact) mass is 320 g/mol. The number of ether oxygens (including phenoxy) is 2. The summed E-state index contributed by atoms with van der Waals surface area (Å²) < 4.78 is 9.72. The second-order valence-corrected chi connectivity index (χ2v) is 5.04. The van der Waals surface area contributed by atoms with E-state index in [9.17, 15) is 30.0 Å². The van der Waals surface area contributed by atoms with E-state index in [0.29, 0.717) is 0 Å². The van der Waals surface area contributed by atoms with E-state index < -0.39 is 52.0 Å². The molecule has 1 atom stereocenters. The molecule has 1 aromatic carbocycles. The zero-order valence-corrected chi connectivity index (χ0v) is 12.1. The Labute approximate surface area is 129 Å². The molecule has 8 heteroatoms. The summed E-state index contributed by atoms with van der Waals surface area (Å²) in [5.41, 5.74) is -1.33. The molecule has 0 aromatic heterocycles. The van der Waals surface area contributed by atoms with Crippen LogP contribution < -0.4 is 0 Å². The first-order chi connectivity index (χ1) is 10.8. The molecule has 0 spiro atoms. The number of carbonyl (C=O) groups is 2. The van der Waals surface area contributed by atoms with Crippen LogP contribution in [0.25, 0.3) is 11.8 Å². The second-order valence-electron chi connectivity index (χ2n) is 5.04. The highest BCUT2D eigenvalue weighted by atomic mass is 16.6. The zero-order chi connectivity index (χ0) is 17.0. The summed E-state index contributed by atoms with van der Waals surface area (Å²) in [5, 5.41) is 40.8. The number of fused-ring (bicyclic) bond motifs is 2. The van der Waals surface area contributed by atoms with Gasteiger partial charge in [0.05, 0.1) is 29.6 Å². The molecule has 0 bridgehead atoms. The van der Waals surface area contributed by atoms with E-state index >= 15 is 0 Å². The molecular weight excluding hydrogens is 308 g/mol. The standard InChI is InChI=1S/C15H12O8/c1-4-3-5-6(15(21)23-4)10(17)8-7(9(5)16)12(19)14(22-2)13(20)11(8)18/h3,15-17,19,21H,1-2H3. The number of allylic oxidation sites excluding steroid dienone is 2. The van der Waals surface area contributed by atoms with E-state index in [2.05, 4.69) is 0 Å². The third-order valence-electron chi connectivity index (χ3n) is 3.71. The molecule has 0 saturated carbocycles. The minimum Gasteiger partial charge on any atom is -0.507 e. The van der Waals surface area contributed by atoms with Crippen molar-refractivity contribution in [2.75, 3.05) is 7.11 Å². The van der Waals surface area contributed by atoms with Gasteiger partial charge < -0.3 is 29.9 Å². The molecule has 4 N–H and O–H groups in total. The van der Waals surface area contributed by atoms with E-state index in [1.165, 1.54) is 13.0 Å². The van der Waals surface area contributed by atoms with Gasteiger partial charge in [0.25, 0.3) is 5.78 Å². The van der Waals surface area contributed by atoms with E-state index in [0.717, 1.165) is 7.11 Å². The summed E-state index contributed by atoms with van der Waals surface area (Å²) in [6, 6.07) is 0. The molecule has 0 radical (unpaired) electrons. The molecule has 1 aliphatic carbocycles. The fourth-order valence-corrected chi connectivity index (χ4v) is 2.71. The van der Waals surface area contributed by atoms with E-state index in [-0.39, 0.29) is 16.9 Å². The lowest BCUT2D eigenvalue weighted by molar-refractivity contribution is -0.114. The maximum absolute atomic E-state index is 12.2. The predicted octanol–water partition coefficient (Wildman–Crippen LogP) is 1.12. The summed E-state index contributed by atoms with van der Waals surface area (Å²) in [5.74, 6) is -4.84. The molecule has 2 aliphatic rings. The Bertz CT molecular complexity index is 831. The number of Topliss-reactive ketones (excluding diaryl/α,β-unsaturated/α-hetero) is 2. The molecule has 8 nitrogen and oxygen atoms in total. The number of hydrogen-bond donors (Lipinski definition) is 4. The fraction of sp³-hybridized carbons (Fsp3) is 0.200. The Morgan fingerprint density at radius 1 is 1.09 bits per heavy atom. The molecule has 0 saturated heterocycles. The summed E-state index contributed by atoms with van der Waals surface area (Å²) >= 11 is 0. The first-order valence-electron chi connectivity index (χ1n) is 6.51. The number of aromatic hydroxyl groups is 2. The van der Waals surface area contributed by atoms with Crippen LogP contribution in [0.2, 0.25) is 0 Å². The number of benzene rings is 1. The van der Waals surface area contributed by atoms with Gasteiger partial charge in [-0.25, -0.2) is 0 Å². The molecule has 1 heterocycles.